The van der Waals surface area contributed by atoms with Crippen molar-refractivity contribution in [1.82, 2.24) is 0 Å². The Labute approximate surface area is 150 Å². The van der Waals surface area contributed by atoms with Gasteiger partial charge < -0.3 is 14.6 Å². The number of rotatable bonds is 5. The summed E-state index contributed by atoms with van der Waals surface area (Å²) in [6.07, 6.45) is 3.27. The number of nitrogens with zero attached hydrogens (tertiary/aromatic N) is 1. The van der Waals surface area contributed by atoms with E-state index in [9.17, 15) is 24.8 Å². The van der Waals surface area contributed by atoms with E-state index in [1.807, 2.05) is 0 Å². The van der Waals surface area contributed by atoms with Crippen molar-refractivity contribution in [2.24, 2.45) is 17.8 Å². The second-order valence-electron chi connectivity index (χ2n) is 6.76. The SMILES string of the molecule is CCOC(=O)C1=C(O)[C@@H]2CCC[C@@H]2[C@H](C=O)[C@H]1c1ccc([N+](=O)[O-])cc1. The van der Waals surface area contributed by atoms with Crippen molar-refractivity contribution >= 4 is 17.9 Å². The molecule has 0 spiro atoms. The van der Waals surface area contributed by atoms with E-state index in [1.54, 1.807) is 19.1 Å². The van der Waals surface area contributed by atoms with Crippen molar-refractivity contribution in [2.75, 3.05) is 6.61 Å². The van der Waals surface area contributed by atoms with Gasteiger partial charge in [-0.2, -0.15) is 0 Å². The summed E-state index contributed by atoms with van der Waals surface area (Å²) >= 11 is 0. The second-order valence-corrected chi connectivity index (χ2v) is 6.76. The molecular weight excluding hydrogens is 338 g/mol. The molecule has 1 aromatic carbocycles. The molecule has 1 aromatic rings. The highest BCUT2D eigenvalue weighted by Gasteiger charge is 2.49. The van der Waals surface area contributed by atoms with Gasteiger partial charge in [-0.05, 0) is 31.2 Å². The van der Waals surface area contributed by atoms with Crippen LogP contribution in [0.1, 0.15) is 37.7 Å². The molecule has 1 N–H and O–H groups in total. The molecule has 3 rings (SSSR count). The minimum absolute atomic E-state index is 0.00685. The summed E-state index contributed by atoms with van der Waals surface area (Å²) in [5.74, 6) is -2.01. The number of carbonyl (C=O) groups is 2. The Morgan fingerprint density at radius 1 is 1.35 bits per heavy atom. The number of fused-ring (bicyclic) bond motifs is 1. The van der Waals surface area contributed by atoms with Crippen LogP contribution in [0.5, 0.6) is 0 Å². The van der Waals surface area contributed by atoms with Crippen molar-refractivity contribution in [1.29, 1.82) is 0 Å². The smallest absolute Gasteiger partial charge is 0.338 e. The van der Waals surface area contributed by atoms with Gasteiger partial charge in [0.2, 0.25) is 0 Å². The third-order valence-electron chi connectivity index (χ3n) is 5.50. The van der Waals surface area contributed by atoms with Gasteiger partial charge in [0.1, 0.15) is 12.0 Å². The zero-order chi connectivity index (χ0) is 18.8. The molecule has 0 saturated heterocycles. The van der Waals surface area contributed by atoms with Gasteiger partial charge in [0.25, 0.3) is 5.69 Å². The molecule has 1 fully saturated rings. The number of aliphatic hydroxyl groups is 1. The molecule has 0 aromatic heterocycles. The van der Waals surface area contributed by atoms with Gasteiger partial charge in [-0.15, -0.1) is 0 Å². The van der Waals surface area contributed by atoms with E-state index >= 15 is 0 Å². The van der Waals surface area contributed by atoms with Crippen LogP contribution >= 0.6 is 0 Å². The van der Waals surface area contributed by atoms with Gasteiger partial charge in [0, 0.05) is 29.9 Å². The van der Waals surface area contributed by atoms with E-state index in [0.717, 1.165) is 25.5 Å². The van der Waals surface area contributed by atoms with E-state index < -0.39 is 22.7 Å². The van der Waals surface area contributed by atoms with Crippen molar-refractivity contribution in [3.8, 4) is 0 Å². The lowest BCUT2D eigenvalue weighted by molar-refractivity contribution is -0.384. The second kappa shape index (κ2) is 7.27. The normalized spacial score (nSPS) is 27.7. The first kappa shape index (κ1) is 18.1. The van der Waals surface area contributed by atoms with Gasteiger partial charge >= 0.3 is 5.97 Å². The van der Waals surface area contributed by atoms with Crippen molar-refractivity contribution in [3.05, 3.63) is 51.3 Å². The van der Waals surface area contributed by atoms with Gasteiger partial charge in [-0.1, -0.05) is 18.6 Å². The van der Waals surface area contributed by atoms with Crippen molar-refractivity contribution < 1.29 is 24.4 Å². The first-order valence-corrected chi connectivity index (χ1v) is 8.79. The third kappa shape index (κ3) is 2.98. The Morgan fingerprint density at radius 2 is 2.04 bits per heavy atom. The number of benzene rings is 1. The molecule has 0 heterocycles. The number of esters is 1. The average Bonchev–Trinajstić information content (AvgIpc) is 3.11. The predicted octanol–water partition coefficient (Wildman–Crippen LogP) is 3.30. The summed E-state index contributed by atoms with van der Waals surface area (Å²) in [6, 6.07) is 5.78. The Bertz CT molecular complexity index is 754. The Hall–Kier alpha value is -2.70. The number of allylic oxidation sites excluding steroid dienone is 1. The molecule has 138 valence electrons. The summed E-state index contributed by atoms with van der Waals surface area (Å²) in [6.45, 7) is 1.83. The van der Waals surface area contributed by atoms with Gasteiger partial charge in [-0.25, -0.2) is 4.79 Å². The van der Waals surface area contributed by atoms with Crippen LogP contribution in [0.2, 0.25) is 0 Å². The summed E-state index contributed by atoms with van der Waals surface area (Å²) in [5.41, 5.74) is 0.630. The predicted molar refractivity (Wildman–Crippen MR) is 92.5 cm³/mol. The number of non-ortho nitro benzene ring substituents is 1. The fourth-order valence-electron chi connectivity index (χ4n) is 4.40. The molecular formula is C19H21NO6. The fraction of sp³-hybridized carbons (Fsp3) is 0.474. The first-order chi connectivity index (χ1) is 12.5. The van der Waals surface area contributed by atoms with Gasteiger partial charge in [0.15, 0.2) is 0 Å². The standard InChI is InChI=1S/C19H21NO6/c1-2-26-19(23)17-16(11-6-8-12(9-7-11)20(24)25)15(10-21)13-4-3-5-14(13)18(17)22/h6-10,13-16,22H,2-5H2,1H3/t13-,14+,15-,16+/m0/s1. The first-order valence-electron chi connectivity index (χ1n) is 8.79. The number of aldehydes is 1. The molecule has 2 aliphatic rings. The minimum Gasteiger partial charge on any atom is -0.511 e. The summed E-state index contributed by atoms with van der Waals surface area (Å²) in [5, 5.41) is 21.7. The number of nitro benzene ring substituents is 1. The molecule has 7 nitrogen and oxygen atoms in total. The maximum absolute atomic E-state index is 12.6. The summed E-state index contributed by atoms with van der Waals surface area (Å²) in [4.78, 5) is 34.9. The topological polar surface area (TPSA) is 107 Å². The monoisotopic (exact) mass is 359 g/mol. The average molecular weight is 359 g/mol. The lowest BCUT2D eigenvalue weighted by Gasteiger charge is -2.38. The number of ether oxygens (including phenoxy) is 1. The van der Waals surface area contributed by atoms with Crippen molar-refractivity contribution in [2.45, 2.75) is 32.1 Å². The zero-order valence-corrected chi connectivity index (χ0v) is 14.5. The largest absolute Gasteiger partial charge is 0.511 e. The van der Waals surface area contributed by atoms with Crippen LogP contribution in [0.25, 0.3) is 0 Å². The fourth-order valence-corrected chi connectivity index (χ4v) is 4.40. The highest BCUT2D eigenvalue weighted by molar-refractivity contribution is 5.92. The maximum atomic E-state index is 12.6. The van der Waals surface area contributed by atoms with Crippen LogP contribution in [0.3, 0.4) is 0 Å². The minimum atomic E-state index is -0.660. The lowest BCUT2D eigenvalue weighted by atomic mass is 9.65. The number of hydrogen-bond acceptors (Lipinski definition) is 6. The molecule has 0 radical (unpaired) electrons. The summed E-state index contributed by atoms with van der Waals surface area (Å²) < 4.78 is 5.13. The number of nitro groups is 1. The Morgan fingerprint density at radius 3 is 2.62 bits per heavy atom. The van der Waals surface area contributed by atoms with Crippen LogP contribution in [-0.2, 0) is 14.3 Å². The van der Waals surface area contributed by atoms with Crippen LogP contribution in [0.4, 0.5) is 5.69 Å². The Balaban J connectivity index is 2.11. The highest BCUT2D eigenvalue weighted by atomic mass is 16.6. The molecule has 0 unspecified atom stereocenters. The van der Waals surface area contributed by atoms with Gasteiger partial charge in [-0.3, -0.25) is 10.1 Å². The van der Waals surface area contributed by atoms with E-state index in [2.05, 4.69) is 0 Å². The molecule has 0 aliphatic heterocycles. The molecule has 0 amide bonds. The molecule has 2 aliphatic carbocycles. The van der Waals surface area contributed by atoms with E-state index in [1.165, 1.54) is 12.1 Å². The zero-order valence-electron chi connectivity index (χ0n) is 14.5. The maximum Gasteiger partial charge on any atom is 0.338 e. The number of hydrogen-bond donors (Lipinski definition) is 1. The molecule has 26 heavy (non-hydrogen) atoms. The van der Waals surface area contributed by atoms with E-state index in [0.29, 0.717) is 5.56 Å². The third-order valence-corrected chi connectivity index (χ3v) is 5.50. The van der Waals surface area contributed by atoms with Crippen LogP contribution < -0.4 is 0 Å². The molecule has 7 heteroatoms. The number of aliphatic hydroxyl groups excluding tert-OH is 1. The van der Waals surface area contributed by atoms with E-state index in [4.69, 9.17) is 4.74 Å². The van der Waals surface area contributed by atoms with Crippen LogP contribution in [0, 0.1) is 27.9 Å². The van der Waals surface area contributed by atoms with E-state index in [-0.39, 0.29) is 35.5 Å². The molecule has 1 saturated carbocycles. The van der Waals surface area contributed by atoms with Crippen LogP contribution in [-0.4, -0.2) is 28.9 Å². The lowest BCUT2D eigenvalue weighted by Crippen LogP contribution is -2.37. The summed E-state index contributed by atoms with van der Waals surface area (Å²) in [7, 11) is 0. The molecule has 4 atom stereocenters. The van der Waals surface area contributed by atoms with Crippen molar-refractivity contribution in [3.63, 3.8) is 0 Å². The molecule has 0 bridgehead atoms. The van der Waals surface area contributed by atoms with Gasteiger partial charge in [0.05, 0.1) is 17.1 Å². The number of carbonyl (C=O) groups excluding carboxylic acids is 2. The Kier molecular flexibility index (Phi) is 5.06. The van der Waals surface area contributed by atoms with Crippen LogP contribution in [0.15, 0.2) is 35.6 Å². The highest BCUT2D eigenvalue weighted by Crippen LogP contribution is 2.52. The quantitative estimate of drug-likeness (QED) is 0.374.